The van der Waals surface area contributed by atoms with Crippen LogP contribution in [-0.2, 0) is 0 Å². The lowest BCUT2D eigenvalue weighted by molar-refractivity contribution is 0.123. The zero-order chi connectivity index (χ0) is 13.0. The Kier molecular flexibility index (Phi) is 5.01. The molecule has 1 heterocycles. The fraction of sp³-hybridized carbons (Fsp3) is 1.00. The Labute approximate surface area is 111 Å². The van der Waals surface area contributed by atoms with Gasteiger partial charge in [-0.3, -0.25) is 4.90 Å². The highest BCUT2D eigenvalue weighted by Crippen LogP contribution is 2.27. The number of piperazine rings is 1. The quantitative estimate of drug-likeness (QED) is 0.656. The van der Waals surface area contributed by atoms with Crippen molar-refractivity contribution < 1.29 is 5.11 Å². The minimum Gasteiger partial charge on any atom is -0.394 e. The molecule has 3 N–H and O–H groups in total. The first-order valence-electron chi connectivity index (χ1n) is 7.47. The molecule has 2 rings (SSSR count). The fourth-order valence-corrected chi connectivity index (χ4v) is 2.74. The topological polar surface area (TPSA) is 52.7 Å². The van der Waals surface area contributed by atoms with Crippen molar-refractivity contribution in [3.63, 3.8) is 0 Å². The Morgan fingerprint density at radius 3 is 2.39 bits per heavy atom. The Hall–Kier alpha value is -0.160. The van der Waals surface area contributed by atoms with Gasteiger partial charge in [-0.1, -0.05) is 6.42 Å². The maximum absolute atomic E-state index is 9.09. The third kappa shape index (κ3) is 4.50. The first-order chi connectivity index (χ1) is 8.61. The van der Waals surface area contributed by atoms with Gasteiger partial charge in [-0.2, -0.15) is 0 Å². The maximum Gasteiger partial charge on any atom is 0.0608 e. The second-order valence-electron chi connectivity index (χ2n) is 6.38. The summed E-state index contributed by atoms with van der Waals surface area (Å²) >= 11 is 0. The summed E-state index contributed by atoms with van der Waals surface area (Å²) in [7, 11) is 0. The number of aliphatic hydroxyl groups excluding tert-OH is 1. The van der Waals surface area contributed by atoms with Crippen molar-refractivity contribution >= 4 is 0 Å². The van der Waals surface area contributed by atoms with Gasteiger partial charge in [0.05, 0.1) is 6.61 Å². The summed E-state index contributed by atoms with van der Waals surface area (Å²) in [6.45, 7) is 8.20. The molecule has 2 fully saturated rings. The molecule has 1 aliphatic carbocycles. The predicted octanol–water partition coefficient (Wildman–Crippen LogP) is 0.646. The van der Waals surface area contributed by atoms with Crippen molar-refractivity contribution in [2.24, 2.45) is 5.73 Å². The van der Waals surface area contributed by atoms with Crippen molar-refractivity contribution in [2.75, 3.05) is 39.3 Å². The highest BCUT2D eigenvalue weighted by atomic mass is 16.3. The van der Waals surface area contributed by atoms with E-state index in [0.717, 1.165) is 18.9 Å². The van der Waals surface area contributed by atoms with Crippen LogP contribution in [0.2, 0.25) is 0 Å². The SMILES string of the molecule is CC(N)(CO)CCCCN1CCN(C2CC2)CC1. The second kappa shape index (κ2) is 6.33. The van der Waals surface area contributed by atoms with Crippen molar-refractivity contribution in [3.05, 3.63) is 0 Å². The lowest BCUT2D eigenvalue weighted by Crippen LogP contribution is -2.47. The van der Waals surface area contributed by atoms with Gasteiger partial charge in [0.25, 0.3) is 0 Å². The van der Waals surface area contributed by atoms with Gasteiger partial charge in [0.2, 0.25) is 0 Å². The summed E-state index contributed by atoms with van der Waals surface area (Å²) in [4.78, 5) is 5.23. The highest BCUT2D eigenvalue weighted by Gasteiger charge is 2.30. The second-order valence-corrected chi connectivity index (χ2v) is 6.38. The van der Waals surface area contributed by atoms with Gasteiger partial charge >= 0.3 is 0 Å². The highest BCUT2D eigenvalue weighted by molar-refractivity contribution is 4.87. The van der Waals surface area contributed by atoms with Crippen molar-refractivity contribution in [1.82, 2.24) is 9.80 Å². The standard InChI is InChI=1S/C14H29N3O/c1-14(15,12-18)6-2-3-7-16-8-10-17(11-9-16)13-4-5-13/h13,18H,2-12,15H2,1H3. The lowest BCUT2D eigenvalue weighted by Gasteiger charge is -2.35. The molecule has 1 saturated carbocycles. The van der Waals surface area contributed by atoms with E-state index < -0.39 is 0 Å². The fourth-order valence-electron chi connectivity index (χ4n) is 2.74. The van der Waals surface area contributed by atoms with Crippen LogP contribution in [0.4, 0.5) is 0 Å². The van der Waals surface area contributed by atoms with Crippen LogP contribution >= 0.6 is 0 Å². The summed E-state index contributed by atoms with van der Waals surface area (Å²) in [5, 5.41) is 9.09. The van der Waals surface area contributed by atoms with Crippen molar-refractivity contribution in [2.45, 2.75) is 50.6 Å². The normalized spacial score (nSPS) is 26.2. The van der Waals surface area contributed by atoms with Gasteiger partial charge < -0.3 is 15.7 Å². The molecular weight excluding hydrogens is 226 g/mol. The van der Waals surface area contributed by atoms with E-state index in [4.69, 9.17) is 10.8 Å². The molecule has 4 heteroatoms. The predicted molar refractivity (Wildman–Crippen MR) is 74.6 cm³/mol. The molecule has 2 aliphatic rings. The minimum absolute atomic E-state index is 0.0903. The van der Waals surface area contributed by atoms with E-state index in [-0.39, 0.29) is 12.1 Å². The monoisotopic (exact) mass is 255 g/mol. The van der Waals surface area contributed by atoms with Gasteiger partial charge in [-0.25, -0.2) is 0 Å². The van der Waals surface area contributed by atoms with Crippen LogP contribution in [-0.4, -0.2) is 65.8 Å². The van der Waals surface area contributed by atoms with Gasteiger partial charge in [-0.05, 0) is 39.2 Å². The lowest BCUT2D eigenvalue weighted by atomic mass is 9.97. The molecule has 0 radical (unpaired) electrons. The summed E-state index contributed by atoms with van der Waals surface area (Å²) in [6.07, 6.45) is 6.10. The molecule has 4 nitrogen and oxygen atoms in total. The van der Waals surface area contributed by atoms with Crippen LogP contribution in [0.5, 0.6) is 0 Å². The molecule has 0 spiro atoms. The van der Waals surface area contributed by atoms with Crippen LogP contribution in [0.15, 0.2) is 0 Å². The van der Waals surface area contributed by atoms with Gasteiger partial charge in [-0.15, -0.1) is 0 Å². The molecule has 0 aromatic heterocycles. The Morgan fingerprint density at radius 2 is 1.83 bits per heavy atom. The van der Waals surface area contributed by atoms with Gasteiger partial charge in [0, 0.05) is 37.8 Å². The molecule has 1 atom stereocenters. The van der Waals surface area contributed by atoms with E-state index in [1.807, 2.05) is 6.92 Å². The molecule has 0 aromatic rings. The average molecular weight is 255 g/mol. The largest absolute Gasteiger partial charge is 0.394 e. The van der Waals surface area contributed by atoms with E-state index in [9.17, 15) is 0 Å². The summed E-state index contributed by atoms with van der Waals surface area (Å²) < 4.78 is 0. The third-order valence-corrected chi connectivity index (χ3v) is 4.30. The number of rotatable bonds is 7. The number of unbranched alkanes of at least 4 members (excludes halogenated alkanes) is 1. The van der Waals surface area contributed by atoms with Gasteiger partial charge in [0.1, 0.15) is 0 Å². The molecule has 1 aliphatic heterocycles. The maximum atomic E-state index is 9.09. The molecule has 18 heavy (non-hydrogen) atoms. The number of nitrogens with two attached hydrogens (primary N) is 1. The molecule has 106 valence electrons. The molecule has 0 bridgehead atoms. The van der Waals surface area contributed by atoms with Gasteiger partial charge in [0.15, 0.2) is 0 Å². The van der Waals surface area contributed by atoms with E-state index in [2.05, 4.69) is 9.80 Å². The number of aliphatic hydroxyl groups is 1. The molecule has 1 unspecified atom stereocenters. The number of hydrogen-bond donors (Lipinski definition) is 2. The zero-order valence-electron chi connectivity index (χ0n) is 11.8. The number of nitrogens with zero attached hydrogens (tertiary/aromatic N) is 2. The summed E-state index contributed by atoms with van der Waals surface area (Å²) in [5.41, 5.74) is 5.54. The summed E-state index contributed by atoms with van der Waals surface area (Å²) in [5.74, 6) is 0. The molecule has 0 amide bonds. The molecular formula is C14H29N3O. The van der Waals surface area contributed by atoms with E-state index >= 15 is 0 Å². The van der Waals surface area contributed by atoms with Crippen LogP contribution in [0.25, 0.3) is 0 Å². The number of hydrogen-bond acceptors (Lipinski definition) is 4. The Morgan fingerprint density at radius 1 is 1.17 bits per heavy atom. The smallest absolute Gasteiger partial charge is 0.0608 e. The zero-order valence-corrected chi connectivity index (χ0v) is 11.8. The van der Waals surface area contributed by atoms with Crippen LogP contribution in [0.1, 0.15) is 39.0 Å². The van der Waals surface area contributed by atoms with Crippen LogP contribution in [0, 0.1) is 0 Å². The van der Waals surface area contributed by atoms with Crippen molar-refractivity contribution in [3.8, 4) is 0 Å². The first kappa shape index (κ1) is 14.3. The van der Waals surface area contributed by atoms with E-state index in [1.165, 1.54) is 52.0 Å². The van der Waals surface area contributed by atoms with E-state index in [1.54, 1.807) is 0 Å². The first-order valence-corrected chi connectivity index (χ1v) is 7.47. The summed E-state index contributed by atoms with van der Waals surface area (Å²) in [6, 6.07) is 0.926. The van der Waals surface area contributed by atoms with Crippen LogP contribution in [0.3, 0.4) is 0 Å². The average Bonchev–Trinajstić information content (AvgIpc) is 3.20. The molecule has 0 aromatic carbocycles. The third-order valence-electron chi connectivity index (χ3n) is 4.30. The Bertz CT molecular complexity index is 245. The van der Waals surface area contributed by atoms with E-state index in [0.29, 0.717) is 0 Å². The van der Waals surface area contributed by atoms with Crippen LogP contribution < -0.4 is 5.73 Å². The Balaban J connectivity index is 1.52. The van der Waals surface area contributed by atoms with Crippen molar-refractivity contribution in [1.29, 1.82) is 0 Å². The minimum atomic E-state index is -0.384. The molecule has 1 saturated heterocycles.